The number of carboxylic acids is 1. The van der Waals surface area contributed by atoms with E-state index in [1.54, 1.807) is 0 Å². The molecular weight excluding hydrogens is 220 g/mol. The highest BCUT2D eigenvalue weighted by Crippen LogP contribution is 2.21. The quantitative estimate of drug-likeness (QED) is 0.798. The Morgan fingerprint density at radius 1 is 1.47 bits per heavy atom. The normalized spacial score (nSPS) is 16.8. The van der Waals surface area contributed by atoms with Gasteiger partial charge in [0.1, 0.15) is 6.04 Å². The zero-order valence-corrected chi connectivity index (χ0v) is 9.51. The number of carboxylic acid groups (broad SMARTS) is 1. The second-order valence-electron chi connectivity index (χ2n) is 4.05. The predicted molar refractivity (Wildman–Crippen MR) is 62.6 cm³/mol. The molecule has 0 spiro atoms. The largest absolute Gasteiger partial charge is 0.480 e. The minimum Gasteiger partial charge on any atom is -0.480 e. The van der Waals surface area contributed by atoms with Crippen molar-refractivity contribution < 1.29 is 14.7 Å². The van der Waals surface area contributed by atoms with Crippen molar-refractivity contribution in [2.24, 2.45) is 0 Å². The van der Waals surface area contributed by atoms with Gasteiger partial charge in [0.2, 0.25) is 5.91 Å². The number of carbonyl (C=O) groups excluding carboxylic acids is 1. The van der Waals surface area contributed by atoms with Crippen LogP contribution < -0.4 is 5.32 Å². The van der Waals surface area contributed by atoms with Crippen LogP contribution in [0.15, 0.2) is 24.3 Å². The first-order chi connectivity index (χ1) is 8.09. The molecule has 17 heavy (non-hydrogen) atoms. The van der Waals surface area contributed by atoms with Gasteiger partial charge < -0.3 is 15.3 Å². The number of nitrogens with one attached hydrogen (secondary N) is 1. The highest BCUT2D eigenvalue weighted by molar-refractivity contribution is 5.87. The molecule has 0 saturated carbocycles. The molecule has 0 radical (unpaired) electrons. The first kappa shape index (κ1) is 11.4. The molecule has 0 unspecified atom stereocenters. The molecule has 0 aromatic heterocycles. The summed E-state index contributed by atoms with van der Waals surface area (Å²) in [6.07, 6.45) is 0. The Kier molecular flexibility index (Phi) is 2.99. The molecule has 1 atom stereocenters. The number of rotatable bonds is 2. The SMILES string of the molecule is C[C@@H](C(=O)O)N1Cc2ccccc2NCC1=O. The smallest absolute Gasteiger partial charge is 0.326 e. The second-order valence-corrected chi connectivity index (χ2v) is 4.05. The Balaban J connectivity index is 2.30. The van der Waals surface area contributed by atoms with E-state index in [4.69, 9.17) is 5.11 Å². The molecule has 0 saturated heterocycles. The number of benzene rings is 1. The second kappa shape index (κ2) is 4.45. The summed E-state index contributed by atoms with van der Waals surface area (Å²) < 4.78 is 0. The summed E-state index contributed by atoms with van der Waals surface area (Å²) in [5.74, 6) is -1.19. The standard InChI is InChI=1S/C12H14N2O3/c1-8(12(16)17)14-7-9-4-2-3-5-10(9)13-6-11(14)15/h2-5,8,13H,6-7H2,1H3,(H,16,17)/t8-/m0/s1. The maximum atomic E-state index is 11.8. The van der Waals surface area contributed by atoms with Gasteiger partial charge in [-0.1, -0.05) is 18.2 Å². The highest BCUT2D eigenvalue weighted by Gasteiger charge is 2.28. The third-order valence-electron chi connectivity index (χ3n) is 2.93. The third-order valence-corrected chi connectivity index (χ3v) is 2.93. The van der Waals surface area contributed by atoms with Crippen LogP contribution >= 0.6 is 0 Å². The van der Waals surface area contributed by atoms with Gasteiger partial charge in [0.25, 0.3) is 0 Å². The molecule has 1 amide bonds. The highest BCUT2D eigenvalue weighted by atomic mass is 16.4. The third kappa shape index (κ3) is 2.22. The van der Waals surface area contributed by atoms with E-state index in [0.717, 1.165) is 11.3 Å². The van der Waals surface area contributed by atoms with Gasteiger partial charge >= 0.3 is 5.97 Å². The predicted octanol–water partition coefficient (Wildman–Crippen LogP) is 0.914. The van der Waals surface area contributed by atoms with Crippen molar-refractivity contribution in [1.29, 1.82) is 0 Å². The van der Waals surface area contributed by atoms with Crippen molar-refractivity contribution in [1.82, 2.24) is 4.90 Å². The topological polar surface area (TPSA) is 69.6 Å². The van der Waals surface area contributed by atoms with E-state index in [2.05, 4.69) is 5.32 Å². The lowest BCUT2D eigenvalue weighted by Gasteiger charge is -2.24. The molecule has 1 aromatic carbocycles. The number of nitrogens with zero attached hydrogens (tertiary/aromatic N) is 1. The molecule has 90 valence electrons. The van der Waals surface area contributed by atoms with Gasteiger partial charge in [-0.25, -0.2) is 4.79 Å². The molecule has 1 aromatic rings. The Hall–Kier alpha value is -2.04. The maximum Gasteiger partial charge on any atom is 0.326 e. The van der Waals surface area contributed by atoms with E-state index in [1.807, 2.05) is 24.3 Å². The van der Waals surface area contributed by atoms with Gasteiger partial charge in [-0.05, 0) is 18.6 Å². The number of carbonyl (C=O) groups is 2. The number of aliphatic carboxylic acids is 1. The van der Waals surface area contributed by atoms with E-state index < -0.39 is 12.0 Å². The Morgan fingerprint density at radius 2 is 2.18 bits per heavy atom. The summed E-state index contributed by atoms with van der Waals surface area (Å²) in [4.78, 5) is 24.2. The van der Waals surface area contributed by atoms with Crippen LogP contribution in [0.4, 0.5) is 5.69 Å². The lowest BCUT2D eigenvalue weighted by Crippen LogP contribution is -2.43. The fourth-order valence-corrected chi connectivity index (χ4v) is 1.86. The van der Waals surface area contributed by atoms with Crippen molar-refractivity contribution >= 4 is 17.6 Å². The van der Waals surface area contributed by atoms with E-state index in [1.165, 1.54) is 11.8 Å². The number of para-hydroxylation sites is 1. The van der Waals surface area contributed by atoms with Gasteiger partial charge in [-0.3, -0.25) is 4.79 Å². The molecule has 1 heterocycles. The Morgan fingerprint density at radius 3 is 2.88 bits per heavy atom. The van der Waals surface area contributed by atoms with Crippen LogP contribution in [-0.2, 0) is 16.1 Å². The summed E-state index contributed by atoms with van der Waals surface area (Å²) in [7, 11) is 0. The maximum absolute atomic E-state index is 11.8. The first-order valence-electron chi connectivity index (χ1n) is 5.43. The number of hydrogen-bond acceptors (Lipinski definition) is 3. The molecule has 5 heteroatoms. The van der Waals surface area contributed by atoms with Gasteiger partial charge in [0, 0.05) is 12.2 Å². The van der Waals surface area contributed by atoms with Crippen LogP contribution in [-0.4, -0.2) is 34.5 Å². The van der Waals surface area contributed by atoms with E-state index in [9.17, 15) is 9.59 Å². The van der Waals surface area contributed by atoms with Crippen molar-refractivity contribution in [2.75, 3.05) is 11.9 Å². The van der Waals surface area contributed by atoms with Gasteiger partial charge in [0.15, 0.2) is 0 Å². The summed E-state index contributed by atoms with van der Waals surface area (Å²) in [6, 6.07) is 6.72. The van der Waals surface area contributed by atoms with Gasteiger partial charge in [-0.2, -0.15) is 0 Å². The lowest BCUT2D eigenvalue weighted by atomic mass is 10.1. The van der Waals surface area contributed by atoms with Crippen LogP contribution in [0.5, 0.6) is 0 Å². The van der Waals surface area contributed by atoms with Crippen molar-refractivity contribution in [3.8, 4) is 0 Å². The number of fused-ring (bicyclic) bond motifs is 1. The average Bonchev–Trinajstić information content (AvgIpc) is 2.48. The van der Waals surface area contributed by atoms with Crippen LogP contribution in [0.25, 0.3) is 0 Å². The minimum absolute atomic E-state index is 0.134. The van der Waals surface area contributed by atoms with Gasteiger partial charge in [-0.15, -0.1) is 0 Å². The van der Waals surface area contributed by atoms with E-state index >= 15 is 0 Å². The molecule has 5 nitrogen and oxygen atoms in total. The average molecular weight is 234 g/mol. The van der Waals surface area contributed by atoms with Crippen molar-refractivity contribution in [2.45, 2.75) is 19.5 Å². The summed E-state index contributed by atoms with van der Waals surface area (Å²) in [5.41, 5.74) is 1.83. The molecular formula is C12H14N2O3. The van der Waals surface area contributed by atoms with Crippen LogP contribution in [0.1, 0.15) is 12.5 Å². The summed E-state index contributed by atoms with van der Waals surface area (Å²) in [5, 5.41) is 12.0. The van der Waals surface area contributed by atoms with Crippen molar-refractivity contribution in [3.63, 3.8) is 0 Å². The zero-order valence-electron chi connectivity index (χ0n) is 9.51. The van der Waals surface area contributed by atoms with Crippen molar-refractivity contribution in [3.05, 3.63) is 29.8 Å². The molecule has 0 aliphatic carbocycles. The summed E-state index contributed by atoms with van der Waals surface area (Å²) >= 11 is 0. The first-order valence-corrected chi connectivity index (χ1v) is 5.43. The monoisotopic (exact) mass is 234 g/mol. The molecule has 1 aliphatic heterocycles. The molecule has 1 aliphatic rings. The number of anilines is 1. The van der Waals surface area contributed by atoms with E-state index in [0.29, 0.717) is 6.54 Å². The Bertz CT molecular complexity index is 459. The molecule has 0 fully saturated rings. The van der Waals surface area contributed by atoms with Gasteiger partial charge in [0.05, 0.1) is 6.54 Å². The van der Waals surface area contributed by atoms with Crippen LogP contribution in [0.2, 0.25) is 0 Å². The zero-order chi connectivity index (χ0) is 12.4. The molecule has 2 rings (SSSR count). The van der Waals surface area contributed by atoms with E-state index in [-0.39, 0.29) is 12.5 Å². The Labute approximate surface area is 99.0 Å². The lowest BCUT2D eigenvalue weighted by molar-refractivity contribution is -0.149. The fourth-order valence-electron chi connectivity index (χ4n) is 1.86. The number of amides is 1. The van der Waals surface area contributed by atoms with Crippen LogP contribution in [0.3, 0.4) is 0 Å². The molecule has 2 N–H and O–H groups in total. The summed E-state index contributed by atoms with van der Waals surface area (Å²) in [6.45, 7) is 1.98. The number of hydrogen-bond donors (Lipinski definition) is 2. The minimum atomic E-state index is -0.988. The molecule has 0 bridgehead atoms. The van der Waals surface area contributed by atoms with Crippen LogP contribution in [0, 0.1) is 0 Å². The fraction of sp³-hybridized carbons (Fsp3) is 0.333.